The largest absolute Gasteiger partial charge is 0.312 e. The molecular formula is C19H38N2. The molecular weight excluding hydrogens is 256 g/mol. The van der Waals surface area contributed by atoms with Crippen LogP contribution in [-0.4, -0.2) is 36.1 Å². The Kier molecular flexibility index (Phi) is 7.01. The lowest BCUT2D eigenvalue weighted by molar-refractivity contribution is 0.0334. The van der Waals surface area contributed by atoms with E-state index in [2.05, 4.69) is 31.0 Å². The highest BCUT2D eigenvalue weighted by atomic mass is 15.2. The van der Waals surface area contributed by atoms with Crippen molar-refractivity contribution >= 4 is 0 Å². The van der Waals surface area contributed by atoms with Gasteiger partial charge in [0.2, 0.25) is 0 Å². The average Bonchev–Trinajstić information content (AvgIpc) is 2.98. The number of piperidine rings is 1. The first-order chi connectivity index (χ1) is 10.2. The Bertz CT molecular complexity index is 275. The Morgan fingerprint density at radius 3 is 2.19 bits per heavy atom. The van der Waals surface area contributed by atoms with Gasteiger partial charge in [-0.05, 0) is 57.7 Å². The highest BCUT2D eigenvalue weighted by Gasteiger charge is 2.45. The molecule has 2 heteroatoms. The van der Waals surface area contributed by atoms with Crippen LogP contribution in [0.5, 0.6) is 0 Å². The fourth-order valence-corrected chi connectivity index (χ4v) is 4.75. The zero-order valence-electron chi connectivity index (χ0n) is 14.8. The minimum absolute atomic E-state index is 0.493. The summed E-state index contributed by atoms with van der Waals surface area (Å²) in [6.45, 7) is 10.8. The Morgan fingerprint density at radius 2 is 1.62 bits per heavy atom. The number of nitrogens with one attached hydrogen (secondary N) is 1. The van der Waals surface area contributed by atoms with Crippen LogP contribution >= 0.6 is 0 Å². The van der Waals surface area contributed by atoms with Gasteiger partial charge >= 0.3 is 0 Å². The minimum Gasteiger partial charge on any atom is -0.312 e. The molecule has 1 aliphatic heterocycles. The topological polar surface area (TPSA) is 15.3 Å². The molecule has 2 fully saturated rings. The van der Waals surface area contributed by atoms with Crippen LogP contribution in [-0.2, 0) is 0 Å². The molecule has 0 aromatic rings. The summed E-state index contributed by atoms with van der Waals surface area (Å²) in [5.74, 6) is 0.849. The van der Waals surface area contributed by atoms with Crippen molar-refractivity contribution in [2.45, 2.75) is 96.6 Å². The Balaban J connectivity index is 2.03. The van der Waals surface area contributed by atoms with Gasteiger partial charge in [-0.2, -0.15) is 0 Å². The molecule has 1 saturated carbocycles. The first kappa shape index (κ1) is 17.3. The third kappa shape index (κ3) is 4.45. The number of rotatable bonds is 8. The van der Waals surface area contributed by atoms with Crippen LogP contribution < -0.4 is 5.32 Å². The normalized spacial score (nSPS) is 24.6. The van der Waals surface area contributed by atoms with Crippen molar-refractivity contribution in [3.05, 3.63) is 0 Å². The van der Waals surface area contributed by atoms with Crippen LogP contribution in [0.1, 0.15) is 85.0 Å². The summed E-state index contributed by atoms with van der Waals surface area (Å²) in [6, 6.07) is 0.724. The van der Waals surface area contributed by atoms with Gasteiger partial charge < -0.3 is 5.32 Å². The maximum atomic E-state index is 3.89. The molecule has 0 aromatic carbocycles. The highest BCUT2D eigenvalue weighted by Crippen LogP contribution is 2.41. The molecule has 124 valence electrons. The Labute approximate surface area is 133 Å². The molecule has 2 rings (SSSR count). The maximum Gasteiger partial charge on any atom is 0.0362 e. The van der Waals surface area contributed by atoms with Gasteiger partial charge in [0.1, 0.15) is 0 Å². The minimum atomic E-state index is 0.493. The van der Waals surface area contributed by atoms with Crippen molar-refractivity contribution in [1.29, 1.82) is 0 Å². The van der Waals surface area contributed by atoms with Crippen molar-refractivity contribution in [3.8, 4) is 0 Å². The summed E-state index contributed by atoms with van der Waals surface area (Å²) >= 11 is 0. The molecule has 1 saturated heterocycles. The van der Waals surface area contributed by atoms with Gasteiger partial charge in [0.05, 0.1) is 0 Å². The fourth-order valence-electron chi connectivity index (χ4n) is 4.75. The zero-order valence-corrected chi connectivity index (χ0v) is 14.8. The molecule has 1 heterocycles. The third-order valence-electron chi connectivity index (χ3n) is 5.83. The van der Waals surface area contributed by atoms with E-state index in [0.717, 1.165) is 18.5 Å². The van der Waals surface area contributed by atoms with Crippen LogP contribution in [0, 0.1) is 5.92 Å². The third-order valence-corrected chi connectivity index (χ3v) is 5.83. The molecule has 2 nitrogen and oxygen atoms in total. The van der Waals surface area contributed by atoms with Crippen molar-refractivity contribution in [2.75, 3.05) is 19.6 Å². The van der Waals surface area contributed by atoms with Crippen LogP contribution in [0.25, 0.3) is 0 Å². The van der Waals surface area contributed by atoms with E-state index in [1.165, 1.54) is 77.3 Å². The van der Waals surface area contributed by atoms with E-state index in [1.54, 1.807) is 0 Å². The summed E-state index contributed by atoms with van der Waals surface area (Å²) in [6.07, 6.45) is 14.2. The molecule has 0 amide bonds. The van der Waals surface area contributed by atoms with Crippen LogP contribution in [0.2, 0.25) is 0 Å². The maximum absolute atomic E-state index is 3.89. The van der Waals surface area contributed by atoms with Gasteiger partial charge in [-0.15, -0.1) is 0 Å². The van der Waals surface area contributed by atoms with Crippen molar-refractivity contribution in [2.24, 2.45) is 5.92 Å². The smallest absolute Gasteiger partial charge is 0.0362 e. The Hall–Kier alpha value is -0.0800. The molecule has 21 heavy (non-hydrogen) atoms. The number of likely N-dealkylation sites (N-methyl/N-ethyl adjacent to an activating group) is 1. The summed E-state index contributed by atoms with van der Waals surface area (Å²) in [5, 5.41) is 3.89. The SMILES string of the molecule is CCNC(CCCC(C)C)C1(N2CCCCC2)CCCC1. The van der Waals surface area contributed by atoms with Gasteiger partial charge in [-0.25, -0.2) is 0 Å². The number of hydrogen-bond acceptors (Lipinski definition) is 2. The molecule has 0 aromatic heterocycles. The lowest BCUT2D eigenvalue weighted by atomic mass is 9.81. The van der Waals surface area contributed by atoms with Gasteiger partial charge in [-0.1, -0.05) is 52.9 Å². The predicted molar refractivity (Wildman–Crippen MR) is 92.8 cm³/mol. The van der Waals surface area contributed by atoms with E-state index in [1.807, 2.05) is 0 Å². The van der Waals surface area contributed by atoms with Gasteiger partial charge in [0.15, 0.2) is 0 Å². The number of nitrogens with zero attached hydrogens (tertiary/aromatic N) is 1. The summed E-state index contributed by atoms with van der Waals surface area (Å²) < 4.78 is 0. The lowest BCUT2D eigenvalue weighted by Gasteiger charge is -2.49. The molecule has 0 radical (unpaired) electrons. The standard InChI is InChI=1S/C19H38N2/c1-4-20-18(12-10-11-17(2)3)19(13-6-7-14-19)21-15-8-5-9-16-21/h17-18,20H,4-16H2,1-3H3. The van der Waals surface area contributed by atoms with Gasteiger partial charge in [0, 0.05) is 11.6 Å². The van der Waals surface area contributed by atoms with E-state index in [4.69, 9.17) is 0 Å². The van der Waals surface area contributed by atoms with E-state index < -0.39 is 0 Å². The number of likely N-dealkylation sites (tertiary alicyclic amines) is 1. The average molecular weight is 295 g/mol. The quantitative estimate of drug-likeness (QED) is 0.704. The predicted octanol–water partition coefficient (Wildman–Crippen LogP) is 4.59. The van der Waals surface area contributed by atoms with Crippen LogP contribution in [0.3, 0.4) is 0 Å². The molecule has 2 aliphatic rings. The molecule has 0 bridgehead atoms. The Morgan fingerprint density at radius 1 is 0.952 bits per heavy atom. The summed E-state index contributed by atoms with van der Waals surface area (Å²) in [5.41, 5.74) is 0.493. The first-order valence-corrected chi connectivity index (χ1v) is 9.67. The number of hydrogen-bond donors (Lipinski definition) is 1. The van der Waals surface area contributed by atoms with Crippen molar-refractivity contribution < 1.29 is 0 Å². The van der Waals surface area contributed by atoms with E-state index >= 15 is 0 Å². The molecule has 0 spiro atoms. The van der Waals surface area contributed by atoms with Crippen molar-refractivity contribution in [1.82, 2.24) is 10.2 Å². The van der Waals surface area contributed by atoms with Crippen LogP contribution in [0.15, 0.2) is 0 Å². The molecule has 1 atom stereocenters. The van der Waals surface area contributed by atoms with E-state index in [0.29, 0.717) is 5.54 Å². The second-order valence-corrected chi connectivity index (χ2v) is 7.79. The second kappa shape index (κ2) is 8.53. The monoisotopic (exact) mass is 294 g/mol. The second-order valence-electron chi connectivity index (χ2n) is 7.79. The molecule has 1 aliphatic carbocycles. The van der Waals surface area contributed by atoms with Gasteiger partial charge in [0.25, 0.3) is 0 Å². The van der Waals surface area contributed by atoms with E-state index in [-0.39, 0.29) is 0 Å². The summed E-state index contributed by atoms with van der Waals surface area (Å²) in [7, 11) is 0. The van der Waals surface area contributed by atoms with Crippen LogP contribution in [0.4, 0.5) is 0 Å². The van der Waals surface area contributed by atoms with Crippen molar-refractivity contribution in [3.63, 3.8) is 0 Å². The zero-order chi connectivity index (χ0) is 15.1. The first-order valence-electron chi connectivity index (χ1n) is 9.67. The molecule has 1 N–H and O–H groups in total. The summed E-state index contributed by atoms with van der Waals surface area (Å²) in [4.78, 5) is 2.90. The van der Waals surface area contributed by atoms with Gasteiger partial charge in [-0.3, -0.25) is 4.90 Å². The lowest BCUT2D eigenvalue weighted by Crippen LogP contribution is -2.61. The molecule has 1 unspecified atom stereocenters. The van der Waals surface area contributed by atoms with E-state index in [9.17, 15) is 0 Å². The highest BCUT2D eigenvalue weighted by molar-refractivity contribution is 5.04. The fraction of sp³-hybridized carbons (Fsp3) is 1.00.